The van der Waals surface area contributed by atoms with Crippen molar-refractivity contribution in [2.24, 2.45) is 5.84 Å². The average Bonchev–Trinajstić information content (AvgIpc) is 2.66. The number of fused-ring (bicyclic) bond motifs is 1. The van der Waals surface area contributed by atoms with Crippen LogP contribution in [0.5, 0.6) is 0 Å². The maximum Gasteiger partial charge on any atom is 0.262 e. The number of hydrogen-bond donors (Lipinski definition) is 2. The number of para-hydroxylation sites is 1. The Morgan fingerprint density at radius 2 is 2.00 bits per heavy atom. The Hall–Kier alpha value is -2.71. The molecule has 0 fully saturated rings. The fourth-order valence-electron chi connectivity index (χ4n) is 2.40. The fraction of sp³-hybridized carbons (Fsp3) is 0.176. The van der Waals surface area contributed by atoms with Gasteiger partial charge < -0.3 is 0 Å². The Morgan fingerprint density at radius 3 is 2.76 bits per heavy atom. The second-order valence-electron chi connectivity index (χ2n) is 5.30. The molecule has 1 amide bonds. The van der Waals surface area contributed by atoms with Gasteiger partial charge in [-0.25, -0.2) is 10.8 Å². The van der Waals surface area contributed by atoms with Gasteiger partial charge in [-0.2, -0.15) is 0 Å². The van der Waals surface area contributed by atoms with Crippen LogP contribution in [0.2, 0.25) is 0 Å². The van der Waals surface area contributed by atoms with E-state index in [1.54, 1.807) is 22.9 Å². The lowest BCUT2D eigenvalue weighted by molar-refractivity contribution is -0.118. The summed E-state index contributed by atoms with van der Waals surface area (Å²) in [6.45, 7) is 0.431. The fourth-order valence-corrected chi connectivity index (χ4v) is 3.24. The molecule has 0 saturated heterocycles. The second kappa shape index (κ2) is 7.91. The number of carbonyl (C=O) groups excluding carboxylic acids is 1. The minimum Gasteiger partial charge on any atom is -0.294 e. The highest BCUT2D eigenvalue weighted by Crippen LogP contribution is 2.18. The maximum absolute atomic E-state index is 12.8. The minimum absolute atomic E-state index is 0.0882. The van der Waals surface area contributed by atoms with Crippen LogP contribution >= 0.6 is 11.8 Å². The van der Waals surface area contributed by atoms with Gasteiger partial charge in [-0.15, -0.1) is 0 Å². The minimum atomic E-state index is -0.330. The SMILES string of the molecule is NNC(=O)CSc1nc2ccccc2c(=O)n1CCc1ccccn1. The molecule has 0 aliphatic carbocycles. The van der Waals surface area contributed by atoms with Crippen LogP contribution in [0, 0.1) is 0 Å². The van der Waals surface area contributed by atoms with E-state index in [1.165, 1.54) is 11.8 Å². The second-order valence-corrected chi connectivity index (χ2v) is 6.24. The van der Waals surface area contributed by atoms with Gasteiger partial charge in [-0.05, 0) is 24.3 Å². The molecule has 0 saturated carbocycles. The van der Waals surface area contributed by atoms with Gasteiger partial charge in [0.25, 0.3) is 5.56 Å². The third-order valence-electron chi connectivity index (χ3n) is 3.64. The predicted molar refractivity (Wildman–Crippen MR) is 97.0 cm³/mol. The van der Waals surface area contributed by atoms with Crippen molar-refractivity contribution >= 4 is 28.6 Å². The summed E-state index contributed by atoms with van der Waals surface area (Å²) in [6, 6.07) is 12.8. The molecule has 3 N–H and O–H groups in total. The van der Waals surface area contributed by atoms with Crippen molar-refractivity contribution in [3.8, 4) is 0 Å². The summed E-state index contributed by atoms with van der Waals surface area (Å²) in [5.74, 6) is 4.88. The smallest absolute Gasteiger partial charge is 0.262 e. The topological polar surface area (TPSA) is 103 Å². The largest absolute Gasteiger partial charge is 0.294 e. The van der Waals surface area contributed by atoms with Crippen molar-refractivity contribution in [3.63, 3.8) is 0 Å². The third kappa shape index (κ3) is 4.04. The van der Waals surface area contributed by atoms with Gasteiger partial charge in [0.2, 0.25) is 5.91 Å². The number of nitrogens with zero attached hydrogens (tertiary/aromatic N) is 3. The molecule has 128 valence electrons. The van der Waals surface area contributed by atoms with Crippen LogP contribution in [-0.4, -0.2) is 26.2 Å². The first-order valence-corrected chi connectivity index (χ1v) is 8.69. The molecule has 0 atom stereocenters. The highest BCUT2D eigenvalue weighted by molar-refractivity contribution is 7.99. The van der Waals surface area contributed by atoms with Crippen molar-refractivity contribution in [1.82, 2.24) is 20.0 Å². The quantitative estimate of drug-likeness (QED) is 0.226. The van der Waals surface area contributed by atoms with Crippen molar-refractivity contribution in [1.29, 1.82) is 0 Å². The maximum atomic E-state index is 12.8. The predicted octanol–water partition coefficient (Wildman–Crippen LogP) is 1.12. The van der Waals surface area contributed by atoms with Crippen LogP contribution in [0.3, 0.4) is 0 Å². The summed E-state index contributed by atoms with van der Waals surface area (Å²) >= 11 is 1.18. The number of aryl methyl sites for hydroxylation is 1. The molecule has 2 heterocycles. The summed E-state index contributed by atoms with van der Waals surface area (Å²) in [4.78, 5) is 33.1. The number of rotatable bonds is 6. The van der Waals surface area contributed by atoms with E-state index < -0.39 is 0 Å². The molecule has 0 aliphatic heterocycles. The molecule has 0 aliphatic rings. The number of pyridine rings is 1. The summed E-state index contributed by atoms with van der Waals surface area (Å²) in [7, 11) is 0. The molecule has 0 spiro atoms. The zero-order chi connectivity index (χ0) is 17.6. The lowest BCUT2D eigenvalue weighted by atomic mass is 10.2. The van der Waals surface area contributed by atoms with E-state index in [4.69, 9.17) is 5.84 Å². The van der Waals surface area contributed by atoms with Gasteiger partial charge in [0.15, 0.2) is 5.16 Å². The molecule has 7 nitrogen and oxygen atoms in total. The van der Waals surface area contributed by atoms with Crippen molar-refractivity contribution in [2.45, 2.75) is 18.1 Å². The number of thioether (sulfide) groups is 1. The summed E-state index contributed by atoms with van der Waals surface area (Å²) in [5.41, 5.74) is 3.45. The van der Waals surface area contributed by atoms with E-state index in [-0.39, 0.29) is 17.2 Å². The lowest BCUT2D eigenvalue weighted by Gasteiger charge is -2.12. The number of amides is 1. The van der Waals surface area contributed by atoms with Crippen LogP contribution in [0.1, 0.15) is 5.69 Å². The lowest BCUT2D eigenvalue weighted by Crippen LogP contribution is -2.32. The molecule has 1 aromatic carbocycles. The number of nitrogens with one attached hydrogen (secondary N) is 1. The molecule has 0 radical (unpaired) electrons. The van der Waals surface area contributed by atoms with Crippen LogP contribution in [0.15, 0.2) is 58.6 Å². The zero-order valence-corrected chi connectivity index (χ0v) is 14.2. The van der Waals surface area contributed by atoms with Crippen LogP contribution < -0.4 is 16.8 Å². The Kier molecular flexibility index (Phi) is 5.42. The van der Waals surface area contributed by atoms with E-state index in [0.717, 1.165) is 5.69 Å². The van der Waals surface area contributed by atoms with E-state index >= 15 is 0 Å². The van der Waals surface area contributed by atoms with Gasteiger partial charge in [-0.3, -0.25) is 24.6 Å². The number of aromatic nitrogens is 3. The first-order chi connectivity index (χ1) is 12.2. The molecule has 3 aromatic rings. The van der Waals surface area contributed by atoms with Crippen molar-refractivity contribution in [2.75, 3.05) is 5.75 Å². The Bertz CT molecular complexity index is 943. The zero-order valence-electron chi connectivity index (χ0n) is 13.4. The Balaban J connectivity index is 1.96. The number of nitrogens with two attached hydrogens (primary N) is 1. The normalized spacial score (nSPS) is 10.8. The molecular weight excluding hydrogens is 338 g/mol. The molecule has 2 aromatic heterocycles. The number of hydrogen-bond acceptors (Lipinski definition) is 6. The van der Waals surface area contributed by atoms with Crippen LogP contribution in [0.4, 0.5) is 0 Å². The number of carbonyl (C=O) groups is 1. The van der Waals surface area contributed by atoms with Gasteiger partial charge in [0.05, 0.1) is 16.7 Å². The molecule has 3 rings (SSSR count). The molecular formula is C17H17N5O2S. The highest BCUT2D eigenvalue weighted by atomic mass is 32.2. The summed E-state index contributed by atoms with van der Waals surface area (Å²) < 4.78 is 1.59. The van der Waals surface area contributed by atoms with Crippen molar-refractivity contribution < 1.29 is 4.79 Å². The number of benzene rings is 1. The van der Waals surface area contributed by atoms with E-state index in [0.29, 0.717) is 29.0 Å². The van der Waals surface area contributed by atoms with E-state index in [1.807, 2.05) is 30.3 Å². The molecule has 8 heteroatoms. The van der Waals surface area contributed by atoms with Gasteiger partial charge in [-0.1, -0.05) is 30.0 Å². The first kappa shape index (κ1) is 17.1. The van der Waals surface area contributed by atoms with Gasteiger partial charge in [0, 0.05) is 24.9 Å². The third-order valence-corrected chi connectivity index (χ3v) is 4.61. The van der Waals surface area contributed by atoms with Gasteiger partial charge in [0.1, 0.15) is 0 Å². The summed E-state index contributed by atoms with van der Waals surface area (Å²) in [5, 5.41) is 1.04. The van der Waals surface area contributed by atoms with E-state index in [9.17, 15) is 9.59 Å². The van der Waals surface area contributed by atoms with Crippen LogP contribution in [0.25, 0.3) is 10.9 Å². The van der Waals surface area contributed by atoms with Crippen LogP contribution in [-0.2, 0) is 17.8 Å². The highest BCUT2D eigenvalue weighted by Gasteiger charge is 2.13. The van der Waals surface area contributed by atoms with Crippen molar-refractivity contribution in [3.05, 3.63) is 64.7 Å². The Morgan fingerprint density at radius 1 is 1.20 bits per heavy atom. The number of hydrazine groups is 1. The Labute approximate surface area is 148 Å². The molecule has 25 heavy (non-hydrogen) atoms. The molecule has 0 bridgehead atoms. The monoisotopic (exact) mass is 355 g/mol. The summed E-state index contributed by atoms with van der Waals surface area (Å²) in [6.07, 6.45) is 2.31. The van der Waals surface area contributed by atoms with Gasteiger partial charge >= 0.3 is 0 Å². The average molecular weight is 355 g/mol. The first-order valence-electron chi connectivity index (χ1n) is 7.71. The standard InChI is InChI=1S/C17H17N5O2S/c18-21-15(23)11-25-17-20-14-7-2-1-6-13(14)16(24)22(17)10-8-12-5-3-4-9-19-12/h1-7,9H,8,10-11,18H2,(H,21,23). The molecule has 0 unspecified atom stereocenters. The van der Waals surface area contributed by atoms with E-state index in [2.05, 4.69) is 15.4 Å².